The first-order valence-corrected chi connectivity index (χ1v) is 10.5. The monoisotopic (exact) mass is 402 g/mol. The summed E-state index contributed by atoms with van der Waals surface area (Å²) in [5.74, 6) is 0.351. The van der Waals surface area contributed by atoms with Crippen molar-refractivity contribution in [1.82, 2.24) is 9.88 Å². The summed E-state index contributed by atoms with van der Waals surface area (Å²) in [6.07, 6.45) is 5.96. The van der Waals surface area contributed by atoms with Gasteiger partial charge in [-0.1, -0.05) is 36.4 Å². The summed E-state index contributed by atoms with van der Waals surface area (Å²) in [6, 6.07) is 17.5. The van der Waals surface area contributed by atoms with Gasteiger partial charge in [-0.3, -0.25) is 9.78 Å². The van der Waals surface area contributed by atoms with Gasteiger partial charge >= 0.3 is 5.63 Å². The number of nitrogens with zero attached hydrogens (tertiary/aromatic N) is 2. The zero-order chi connectivity index (χ0) is 20.9. The molecule has 3 heterocycles. The molecular weight excluding hydrogens is 376 g/mol. The van der Waals surface area contributed by atoms with Crippen LogP contribution in [0.2, 0.25) is 0 Å². The number of benzene rings is 1. The fourth-order valence-corrected chi connectivity index (χ4v) is 4.16. The van der Waals surface area contributed by atoms with E-state index in [1.165, 1.54) is 5.56 Å². The Kier molecular flexibility index (Phi) is 6.07. The smallest absolute Gasteiger partial charge is 0.349 e. The zero-order valence-corrected chi connectivity index (χ0v) is 17.2. The molecule has 0 radical (unpaired) electrons. The molecule has 5 heteroatoms. The lowest BCUT2D eigenvalue weighted by Crippen LogP contribution is -2.41. The summed E-state index contributed by atoms with van der Waals surface area (Å²) in [6.45, 7) is 2.44. The number of piperidine rings is 1. The highest BCUT2D eigenvalue weighted by Crippen LogP contribution is 2.31. The molecule has 1 aliphatic rings. The molecule has 1 saturated heterocycles. The second-order valence-corrected chi connectivity index (χ2v) is 7.81. The first-order chi connectivity index (χ1) is 14.6. The average Bonchev–Trinajstić information content (AvgIpc) is 2.78. The van der Waals surface area contributed by atoms with Crippen molar-refractivity contribution < 1.29 is 9.21 Å². The Hall–Kier alpha value is -3.21. The van der Waals surface area contributed by atoms with Gasteiger partial charge < -0.3 is 9.32 Å². The molecule has 1 amide bonds. The van der Waals surface area contributed by atoms with Crippen molar-refractivity contribution in [2.24, 2.45) is 0 Å². The summed E-state index contributed by atoms with van der Waals surface area (Å²) >= 11 is 0. The van der Waals surface area contributed by atoms with Gasteiger partial charge in [-0.05, 0) is 61.9 Å². The summed E-state index contributed by atoms with van der Waals surface area (Å²) < 4.78 is 5.55. The van der Waals surface area contributed by atoms with Gasteiger partial charge in [0.05, 0.1) is 11.7 Å². The number of hydrogen-bond donors (Lipinski definition) is 0. The summed E-state index contributed by atoms with van der Waals surface area (Å²) in [5, 5.41) is 0. The van der Waals surface area contributed by atoms with E-state index in [1.807, 2.05) is 49.4 Å². The minimum Gasteiger partial charge on any atom is -0.427 e. The second kappa shape index (κ2) is 9.08. The van der Waals surface area contributed by atoms with Crippen LogP contribution in [0.15, 0.2) is 70.0 Å². The van der Waals surface area contributed by atoms with Crippen molar-refractivity contribution >= 4 is 5.91 Å². The molecule has 0 spiro atoms. The van der Waals surface area contributed by atoms with E-state index >= 15 is 0 Å². The van der Waals surface area contributed by atoms with Crippen molar-refractivity contribution in [2.45, 2.75) is 45.1 Å². The first kappa shape index (κ1) is 20.1. The topological polar surface area (TPSA) is 63.4 Å². The molecule has 2 aromatic heterocycles. The maximum Gasteiger partial charge on any atom is 0.349 e. The minimum atomic E-state index is -0.548. The third kappa shape index (κ3) is 4.35. The normalized spacial score (nSPS) is 16.4. The molecule has 1 unspecified atom stereocenters. The van der Waals surface area contributed by atoms with Gasteiger partial charge in [0, 0.05) is 19.2 Å². The van der Waals surface area contributed by atoms with E-state index in [0.717, 1.165) is 31.4 Å². The number of aromatic nitrogens is 1. The predicted molar refractivity (Wildman–Crippen MR) is 115 cm³/mol. The lowest BCUT2D eigenvalue weighted by atomic mass is 9.97. The molecule has 1 atom stereocenters. The first-order valence-electron chi connectivity index (χ1n) is 10.5. The van der Waals surface area contributed by atoms with Crippen LogP contribution in [-0.2, 0) is 12.8 Å². The molecule has 1 fully saturated rings. The van der Waals surface area contributed by atoms with Gasteiger partial charge in [0.1, 0.15) is 11.3 Å². The van der Waals surface area contributed by atoms with Crippen LogP contribution in [0.3, 0.4) is 0 Å². The third-order valence-corrected chi connectivity index (χ3v) is 5.71. The standard InChI is InChI=1S/C25H26N2O3/c1-18-17-20(14-13-19-9-3-2-4-10-19)30-25(29)23(18)24(28)27-16-8-6-12-22(27)21-11-5-7-15-26-21/h2-5,7,9-11,15,17,22H,6,8,12-14,16H2,1H3. The maximum atomic E-state index is 13.4. The van der Waals surface area contributed by atoms with Crippen molar-refractivity contribution in [3.05, 3.63) is 99.4 Å². The van der Waals surface area contributed by atoms with E-state index in [9.17, 15) is 9.59 Å². The van der Waals surface area contributed by atoms with Crippen LogP contribution in [0, 0.1) is 6.92 Å². The van der Waals surface area contributed by atoms with Crippen molar-refractivity contribution in [3.8, 4) is 0 Å². The number of carbonyl (C=O) groups is 1. The SMILES string of the molecule is Cc1cc(CCc2ccccc2)oc(=O)c1C(=O)N1CCCCC1c1ccccn1. The summed E-state index contributed by atoms with van der Waals surface area (Å²) in [4.78, 5) is 32.4. The van der Waals surface area contributed by atoms with Crippen molar-refractivity contribution in [3.63, 3.8) is 0 Å². The Morgan fingerprint density at radius 2 is 1.90 bits per heavy atom. The number of likely N-dealkylation sites (tertiary alicyclic amines) is 1. The molecule has 0 saturated carbocycles. The van der Waals surface area contributed by atoms with E-state index < -0.39 is 5.63 Å². The molecule has 1 aliphatic heterocycles. The molecule has 0 bridgehead atoms. The Balaban J connectivity index is 1.56. The summed E-state index contributed by atoms with van der Waals surface area (Å²) in [7, 11) is 0. The number of hydrogen-bond acceptors (Lipinski definition) is 4. The quantitative estimate of drug-likeness (QED) is 0.631. The van der Waals surface area contributed by atoms with Crippen LogP contribution in [0.1, 0.15) is 58.2 Å². The van der Waals surface area contributed by atoms with Crippen molar-refractivity contribution in [2.75, 3.05) is 6.54 Å². The molecule has 4 rings (SSSR count). The lowest BCUT2D eigenvalue weighted by molar-refractivity contribution is 0.0600. The molecule has 5 nitrogen and oxygen atoms in total. The Morgan fingerprint density at radius 1 is 1.10 bits per heavy atom. The largest absolute Gasteiger partial charge is 0.427 e. The third-order valence-electron chi connectivity index (χ3n) is 5.71. The molecule has 30 heavy (non-hydrogen) atoms. The fraction of sp³-hybridized carbons (Fsp3) is 0.320. The van der Waals surface area contributed by atoms with Crippen LogP contribution < -0.4 is 5.63 Å². The molecule has 0 aliphatic carbocycles. The van der Waals surface area contributed by atoms with E-state index in [0.29, 0.717) is 24.3 Å². The predicted octanol–water partition coefficient (Wildman–Crippen LogP) is 4.50. The van der Waals surface area contributed by atoms with Crippen LogP contribution in [0.4, 0.5) is 0 Å². The Bertz CT molecular complexity index is 1060. The fourth-order valence-electron chi connectivity index (χ4n) is 4.16. The van der Waals surface area contributed by atoms with Gasteiger partial charge in [0.15, 0.2) is 0 Å². The van der Waals surface area contributed by atoms with E-state index in [2.05, 4.69) is 17.1 Å². The van der Waals surface area contributed by atoms with Gasteiger partial charge in [-0.25, -0.2) is 4.79 Å². The van der Waals surface area contributed by atoms with Gasteiger partial charge in [-0.15, -0.1) is 0 Å². The van der Waals surface area contributed by atoms with Gasteiger partial charge in [0.25, 0.3) is 5.91 Å². The molecular formula is C25H26N2O3. The number of aryl methyl sites for hydroxylation is 3. The highest BCUT2D eigenvalue weighted by atomic mass is 16.4. The average molecular weight is 402 g/mol. The number of pyridine rings is 1. The van der Waals surface area contributed by atoms with E-state index in [-0.39, 0.29) is 17.5 Å². The number of rotatable bonds is 5. The molecule has 154 valence electrons. The van der Waals surface area contributed by atoms with Crippen LogP contribution >= 0.6 is 0 Å². The summed E-state index contributed by atoms with van der Waals surface area (Å²) in [5.41, 5.74) is 2.32. The molecule has 0 N–H and O–H groups in total. The molecule has 1 aromatic carbocycles. The van der Waals surface area contributed by atoms with Crippen LogP contribution in [0.25, 0.3) is 0 Å². The van der Waals surface area contributed by atoms with E-state index in [4.69, 9.17) is 4.42 Å². The van der Waals surface area contributed by atoms with Crippen molar-refractivity contribution in [1.29, 1.82) is 0 Å². The van der Waals surface area contributed by atoms with Crippen LogP contribution in [0.5, 0.6) is 0 Å². The molecule has 3 aromatic rings. The number of carbonyl (C=O) groups excluding carboxylic acids is 1. The van der Waals surface area contributed by atoms with E-state index in [1.54, 1.807) is 11.1 Å². The lowest BCUT2D eigenvalue weighted by Gasteiger charge is -2.35. The van der Waals surface area contributed by atoms with Crippen LogP contribution in [-0.4, -0.2) is 22.3 Å². The highest BCUT2D eigenvalue weighted by molar-refractivity contribution is 5.95. The highest BCUT2D eigenvalue weighted by Gasteiger charge is 2.32. The zero-order valence-electron chi connectivity index (χ0n) is 17.2. The Morgan fingerprint density at radius 3 is 2.63 bits per heavy atom. The Labute approximate surface area is 176 Å². The maximum absolute atomic E-state index is 13.4. The van der Waals surface area contributed by atoms with Gasteiger partial charge in [-0.2, -0.15) is 0 Å². The van der Waals surface area contributed by atoms with Gasteiger partial charge in [0.2, 0.25) is 0 Å². The second-order valence-electron chi connectivity index (χ2n) is 7.81. The minimum absolute atomic E-state index is 0.107. The number of amides is 1.